The fraction of sp³-hybridized carbons (Fsp3) is 0.267. The van der Waals surface area contributed by atoms with Crippen LogP contribution in [-0.4, -0.2) is 18.0 Å². The number of nitrogens with one attached hydrogen (secondary N) is 2. The standard InChI is InChI=1S/C15H18N2O2/c1-10-6-7-14(19-3)12(9-10)11(2)17-15(18)13-5-4-8-16-13/h4-9,11,16H,1-3H3,(H,17,18)/t11-/m1/s1. The largest absolute Gasteiger partial charge is 0.496 e. The molecule has 2 N–H and O–H groups in total. The number of ether oxygens (including phenoxy) is 1. The van der Waals surface area contributed by atoms with E-state index in [4.69, 9.17) is 4.74 Å². The second kappa shape index (κ2) is 5.61. The van der Waals surface area contributed by atoms with Gasteiger partial charge in [-0.3, -0.25) is 4.79 Å². The zero-order valence-corrected chi connectivity index (χ0v) is 11.4. The molecule has 0 fully saturated rings. The number of H-pyrrole nitrogens is 1. The number of carbonyl (C=O) groups is 1. The zero-order chi connectivity index (χ0) is 13.8. The minimum Gasteiger partial charge on any atom is -0.496 e. The molecule has 1 heterocycles. The summed E-state index contributed by atoms with van der Waals surface area (Å²) >= 11 is 0. The van der Waals surface area contributed by atoms with Crippen molar-refractivity contribution in [3.05, 3.63) is 53.3 Å². The maximum atomic E-state index is 12.0. The van der Waals surface area contributed by atoms with Crippen LogP contribution < -0.4 is 10.1 Å². The molecule has 100 valence electrons. The van der Waals surface area contributed by atoms with Crippen LogP contribution in [0, 0.1) is 6.92 Å². The highest BCUT2D eigenvalue weighted by molar-refractivity contribution is 5.92. The molecule has 2 aromatic rings. The van der Waals surface area contributed by atoms with E-state index in [1.165, 1.54) is 0 Å². The van der Waals surface area contributed by atoms with Gasteiger partial charge in [-0.15, -0.1) is 0 Å². The van der Waals surface area contributed by atoms with Gasteiger partial charge in [0.25, 0.3) is 5.91 Å². The van der Waals surface area contributed by atoms with Crippen LogP contribution in [0.25, 0.3) is 0 Å². The maximum Gasteiger partial charge on any atom is 0.268 e. The van der Waals surface area contributed by atoms with Crippen LogP contribution in [0.15, 0.2) is 36.5 Å². The number of hydrogen-bond donors (Lipinski definition) is 2. The van der Waals surface area contributed by atoms with Gasteiger partial charge in [-0.2, -0.15) is 0 Å². The minimum absolute atomic E-state index is 0.120. The molecule has 0 unspecified atom stereocenters. The fourth-order valence-electron chi connectivity index (χ4n) is 2.02. The van der Waals surface area contributed by atoms with Crippen molar-refractivity contribution >= 4 is 5.91 Å². The van der Waals surface area contributed by atoms with Crippen molar-refractivity contribution in [3.63, 3.8) is 0 Å². The van der Waals surface area contributed by atoms with Crippen LogP contribution in [0.3, 0.4) is 0 Å². The lowest BCUT2D eigenvalue weighted by molar-refractivity contribution is 0.0935. The molecule has 0 saturated heterocycles. The summed E-state index contributed by atoms with van der Waals surface area (Å²) in [4.78, 5) is 14.9. The molecule has 4 heteroatoms. The fourth-order valence-corrected chi connectivity index (χ4v) is 2.02. The molecule has 4 nitrogen and oxygen atoms in total. The smallest absolute Gasteiger partial charge is 0.268 e. The minimum atomic E-state index is -0.124. The molecular weight excluding hydrogens is 240 g/mol. The summed E-state index contributed by atoms with van der Waals surface area (Å²) < 4.78 is 5.33. The summed E-state index contributed by atoms with van der Waals surface area (Å²) in [6.45, 7) is 3.96. The van der Waals surface area contributed by atoms with Gasteiger partial charge in [0, 0.05) is 11.8 Å². The number of aryl methyl sites for hydroxylation is 1. The quantitative estimate of drug-likeness (QED) is 0.886. The Labute approximate surface area is 112 Å². The third-order valence-corrected chi connectivity index (χ3v) is 3.04. The summed E-state index contributed by atoms with van der Waals surface area (Å²) in [5.74, 6) is 0.658. The van der Waals surface area contributed by atoms with Gasteiger partial charge in [0.15, 0.2) is 0 Å². The first kappa shape index (κ1) is 13.2. The van der Waals surface area contributed by atoms with Gasteiger partial charge in [-0.25, -0.2) is 0 Å². The van der Waals surface area contributed by atoms with Gasteiger partial charge in [0.1, 0.15) is 11.4 Å². The third kappa shape index (κ3) is 2.96. The van der Waals surface area contributed by atoms with Crippen LogP contribution in [0.2, 0.25) is 0 Å². The van der Waals surface area contributed by atoms with Crippen LogP contribution in [0.4, 0.5) is 0 Å². The maximum absolute atomic E-state index is 12.0. The van der Waals surface area contributed by atoms with Crippen molar-refractivity contribution in [2.24, 2.45) is 0 Å². The van der Waals surface area contributed by atoms with Crippen molar-refractivity contribution in [3.8, 4) is 5.75 Å². The molecule has 1 atom stereocenters. The monoisotopic (exact) mass is 258 g/mol. The zero-order valence-electron chi connectivity index (χ0n) is 11.4. The van der Waals surface area contributed by atoms with Gasteiger partial charge in [-0.05, 0) is 32.0 Å². The number of aromatic nitrogens is 1. The molecule has 2 rings (SSSR count). The summed E-state index contributed by atoms with van der Waals surface area (Å²) in [5, 5.41) is 2.95. The number of rotatable bonds is 4. The van der Waals surface area contributed by atoms with Gasteiger partial charge < -0.3 is 15.0 Å². The van der Waals surface area contributed by atoms with Gasteiger partial charge in [0.2, 0.25) is 0 Å². The SMILES string of the molecule is COc1ccc(C)cc1[C@@H](C)NC(=O)c1ccc[nH]1. The van der Waals surface area contributed by atoms with Crippen molar-refractivity contribution < 1.29 is 9.53 Å². The van der Waals surface area contributed by atoms with Crippen LogP contribution >= 0.6 is 0 Å². The van der Waals surface area contributed by atoms with E-state index in [-0.39, 0.29) is 11.9 Å². The Morgan fingerprint density at radius 3 is 2.79 bits per heavy atom. The lowest BCUT2D eigenvalue weighted by Gasteiger charge is -2.17. The Morgan fingerprint density at radius 1 is 1.37 bits per heavy atom. The highest BCUT2D eigenvalue weighted by Crippen LogP contribution is 2.26. The Balaban J connectivity index is 2.18. The van der Waals surface area contributed by atoms with Gasteiger partial charge in [-0.1, -0.05) is 17.7 Å². The summed E-state index contributed by atoms with van der Waals surface area (Å²) in [5.41, 5.74) is 2.66. The Bertz CT molecular complexity index is 562. The predicted octanol–water partition coefficient (Wildman–Crippen LogP) is 2.82. The molecule has 0 aliphatic rings. The lowest BCUT2D eigenvalue weighted by atomic mass is 10.0. The van der Waals surface area contributed by atoms with Crippen LogP contribution in [-0.2, 0) is 0 Å². The van der Waals surface area contributed by atoms with Crippen molar-refractivity contribution in [2.75, 3.05) is 7.11 Å². The molecule has 0 saturated carbocycles. The van der Waals surface area contributed by atoms with E-state index in [1.807, 2.05) is 32.0 Å². The predicted molar refractivity (Wildman–Crippen MR) is 74.4 cm³/mol. The van der Waals surface area contributed by atoms with Gasteiger partial charge >= 0.3 is 0 Å². The number of hydrogen-bond acceptors (Lipinski definition) is 2. The first-order valence-corrected chi connectivity index (χ1v) is 6.20. The number of aromatic amines is 1. The van der Waals surface area contributed by atoms with E-state index >= 15 is 0 Å². The van der Waals surface area contributed by atoms with Crippen LogP contribution in [0.5, 0.6) is 5.75 Å². The Morgan fingerprint density at radius 2 is 2.16 bits per heavy atom. The van der Waals surface area contributed by atoms with Crippen molar-refractivity contribution in [1.29, 1.82) is 0 Å². The van der Waals surface area contributed by atoms with Gasteiger partial charge in [0.05, 0.1) is 13.2 Å². The lowest BCUT2D eigenvalue weighted by Crippen LogP contribution is -2.27. The normalized spacial score (nSPS) is 11.9. The second-order valence-corrected chi connectivity index (χ2v) is 4.52. The molecule has 1 amide bonds. The number of benzene rings is 1. The Kier molecular flexibility index (Phi) is 3.90. The summed E-state index contributed by atoms with van der Waals surface area (Å²) in [6.07, 6.45) is 1.73. The van der Waals surface area contributed by atoms with E-state index in [0.29, 0.717) is 5.69 Å². The number of methoxy groups -OCH3 is 1. The highest BCUT2D eigenvalue weighted by atomic mass is 16.5. The summed E-state index contributed by atoms with van der Waals surface area (Å²) in [6, 6.07) is 9.36. The topological polar surface area (TPSA) is 54.1 Å². The molecule has 19 heavy (non-hydrogen) atoms. The Hall–Kier alpha value is -2.23. The van der Waals surface area contributed by atoms with Crippen molar-refractivity contribution in [2.45, 2.75) is 19.9 Å². The van der Waals surface area contributed by atoms with E-state index in [9.17, 15) is 4.79 Å². The molecule has 0 aliphatic heterocycles. The number of amides is 1. The van der Waals surface area contributed by atoms with E-state index in [2.05, 4.69) is 10.3 Å². The molecule has 0 spiro atoms. The highest BCUT2D eigenvalue weighted by Gasteiger charge is 2.15. The number of carbonyl (C=O) groups excluding carboxylic acids is 1. The van der Waals surface area contributed by atoms with Crippen molar-refractivity contribution in [1.82, 2.24) is 10.3 Å². The van der Waals surface area contributed by atoms with E-state index in [0.717, 1.165) is 16.9 Å². The van der Waals surface area contributed by atoms with E-state index < -0.39 is 0 Å². The molecule has 0 radical (unpaired) electrons. The third-order valence-electron chi connectivity index (χ3n) is 3.04. The van der Waals surface area contributed by atoms with E-state index in [1.54, 1.807) is 25.4 Å². The first-order chi connectivity index (χ1) is 9.11. The van der Waals surface area contributed by atoms with Crippen LogP contribution in [0.1, 0.15) is 34.6 Å². The average Bonchev–Trinajstić information content (AvgIpc) is 2.92. The molecule has 1 aromatic carbocycles. The molecule has 1 aromatic heterocycles. The average molecular weight is 258 g/mol. The molecular formula is C15H18N2O2. The molecule has 0 bridgehead atoms. The summed E-state index contributed by atoms with van der Waals surface area (Å²) in [7, 11) is 1.63. The first-order valence-electron chi connectivity index (χ1n) is 6.20. The molecule has 0 aliphatic carbocycles. The second-order valence-electron chi connectivity index (χ2n) is 4.52.